The Balaban J connectivity index is 1.59. The highest BCUT2D eigenvalue weighted by molar-refractivity contribution is 7.89. The number of nitrogens with zero attached hydrogens (tertiary/aromatic N) is 2. The minimum atomic E-state index is -3.76. The molecule has 0 saturated carbocycles. The molecule has 8 nitrogen and oxygen atoms in total. The van der Waals surface area contributed by atoms with Gasteiger partial charge >= 0.3 is 0 Å². The standard InChI is InChI=1S/C20H26ClN3O5S/c1-14(16-3-5-17(21)6-4-16)13-30(27,28)22-18-7-8-24(20(18)26)15(2)19(25)23-9-11-29-12-10-23/h3-7,14-15,22H,8-13H2,1-2H3/t14?,15-/m0/s1. The van der Waals surface area contributed by atoms with E-state index < -0.39 is 22.0 Å². The van der Waals surface area contributed by atoms with Crippen molar-refractivity contribution in [2.75, 3.05) is 38.6 Å². The van der Waals surface area contributed by atoms with Gasteiger partial charge in [0.2, 0.25) is 15.9 Å². The first kappa shape index (κ1) is 22.6. The third-order valence-corrected chi connectivity index (χ3v) is 7.03. The first-order valence-electron chi connectivity index (χ1n) is 9.81. The highest BCUT2D eigenvalue weighted by Gasteiger charge is 2.35. The maximum atomic E-state index is 12.7. The molecule has 164 valence electrons. The molecule has 30 heavy (non-hydrogen) atoms. The van der Waals surface area contributed by atoms with E-state index in [0.717, 1.165) is 5.56 Å². The lowest BCUT2D eigenvalue weighted by Crippen LogP contribution is -2.51. The van der Waals surface area contributed by atoms with Crippen LogP contribution in [0.15, 0.2) is 36.0 Å². The Hall–Kier alpha value is -2.10. The Bertz CT molecular complexity index is 926. The van der Waals surface area contributed by atoms with Gasteiger partial charge in [-0.1, -0.05) is 30.7 Å². The van der Waals surface area contributed by atoms with Gasteiger partial charge in [0.05, 0.1) is 19.0 Å². The lowest BCUT2D eigenvalue weighted by molar-refractivity contribution is -0.145. The van der Waals surface area contributed by atoms with Crippen molar-refractivity contribution in [3.8, 4) is 0 Å². The van der Waals surface area contributed by atoms with E-state index in [1.807, 2.05) is 0 Å². The smallest absolute Gasteiger partial charge is 0.271 e. The number of carbonyl (C=O) groups excluding carboxylic acids is 2. The van der Waals surface area contributed by atoms with Gasteiger partial charge in [0.1, 0.15) is 11.7 Å². The van der Waals surface area contributed by atoms with Crippen LogP contribution in [-0.4, -0.2) is 74.7 Å². The van der Waals surface area contributed by atoms with Crippen LogP contribution in [0.5, 0.6) is 0 Å². The van der Waals surface area contributed by atoms with Gasteiger partial charge in [0.25, 0.3) is 5.91 Å². The normalized spacial score (nSPS) is 19.4. The summed E-state index contributed by atoms with van der Waals surface area (Å²) in [5.41, 5.74) is 0.822. The summed E-state index contributed by atoms with van der Waals surface area (Å²) in [6.45, 7) is 5.55. The van der Waals surface area contributed by atoms with Crippen molar-refractivity contribution in [1.82, 2.24) is 14.5 Å². The number of hydrogen-bond acceptors (Lipinski definition) is 5. The van der Waals surface area contributed by atoms with Crippen molar-refractivity contribution in [3.63, 3.8) is 0 Å². The molecular weight excluding hydrogens is 430 g/mol. The Labute approximate surface area is 181 Å². The molecule has 1 fully saturated rings. The summed E-state index contributed by atoms with van der Waals surface area (Å²) in [7, 11) is -3.76. The van der Waals surface area contributed by atoms with E-state index in [1.165, 1.54) is 11.0 Å². The van der Waals surface area contributed by atoms with Crippen LogP contribution in [0.2, 0.25) is 5.02 Å². The highest BCUT2D eigenvalue weighted by Crippen LogP contribution is 2.21. The van der Waals surface area contributed by atoms with E-state index in [4.69, 9.17) is 16.3 Å². The van der Waals surface area contributed by atoms with E-state index in [1.54, 1.807) is 43.0 Å². The minimum Gasteiger partial charge on any atom is -0.378 e. The number of carbonyl (C=O) groups is 2. The molecule has 2 heterocycles. The molecule has 0 spiro atoms. The minimum absolute atomic E-state index is 0.0140. The van der Waals surface area contributed by atoms with Crippen molar-refractivity contribution >= 4 is 33.4 Å². The summed E-state index contributed by atoms with van der Waals surface area (Å²) in [6, 6.07) is 6.30. The number of sulfonamides is 1. The quantitative estimate of drug-likeness (QED) is 0.669. The first-order chi connectivity index (χ1) is 14.2. The highest BCUT2D eigenvalue weighted by atomic mass is 35.5. The summed E-state index contributed by atoms with van der Waals surface area (Å²) in [5, 5.41) is 0.578. The fraction of sp³-hybridized carbons (Fsp3) is 0.500. The molecule has 3 rings (SSSR count). The summed E-state index contributed by atoms with van der Waals surface area (Å²) in [5.74, 6) is -1.12. The van der Waals surface area contributed by atoms with Crippen LogP contribution in [0.3, 0.4) is 0 Å². The van der Waals surface area contributed by atoms with E-state index >= 15 is 0 Å². The number of ether oxygens (including phenoxy) is 1. The number of hydrogen-bond donors (Lipinski definition) is 1. The zero-order chi connectivity index (χ0) is 21.9. The number of halogens is 1. The topological polar surface area (TPSA) is 96.0 Å². The van der Waals surface area contributed by atoms with Gasteiger partial charge < -0.3 is 14.5 Å². The average Bonchev–Trinajstić information content (AvgIpc) is 3.07. The van der Waals surface area contributed by atoms with Crippen LogP contribution in [0.1, 0.15) is 25.3 Å². The fourth-order valence-corrected chi connectivity index (χ4v) is 5.11. The second-order valence-corrected chi connectivity index (χ2v) is 9.73. The maximum Gasteiger partial charge on any atom is 0.271 e. The van der Waals surface area contributed by atoms with Gasteiger partial charge in [-0.3, -0.25) is 14.3 Å². The van der Waals surface area contributed by atoms with Crippen molar-refractivity contribution in [3.05, 3.63) is 46.6 Å². The Morgan fingerprint density at radius 1 is 1.20 bits per heavy atom. The molecule has 0 aromatic heterocycles. The predicted octanol–water partition coefficient (Wildman–Crippen LogP) is 1.34. The molecule has 2 aliphatic rings. The lowest BCUT2D eigenvalue weighted by atomic mass is 10.0. The molecule has 1 saturated heterocycles. The summed E-state index contributed by atoms with van der Waals surface area (Å²) in [6.07, 6.45) is 1.51. The van der Waals surface area contributed by atoms with Crippen LogP contribution in [-0.2, 0) is 24.3 Å². The average molecular weight is 456 g/mol. The summed E-state index contributed by atoms with van der Waals surface area (Å²) in [4.78, 5) is 28.4. The molecule has 1 aromatic carbocycles. The van der Waals surface area contributed by atoms with Crippen molar-refractivity contribution in [2.45, 2.75) is 25.8 Å². The van der Waals surface area contributed by atoms with Crippen molar-refractivity contribution in [2.24, 2.45) is 0 Å². The second-order valence-electron chi connectivity index (χ2n) is 7.53. The van der Waals surface area contributed by atoms with Crippen LogP contribution < -0.4 is 4.72 Å². The molecular formula is C20H26ClN3O5S. The van der Waals surface area contributed by atoms with Gasteiger partial charge in [0.15, 0.2) is 0 Å². The molecule has 1 N–H and O–H groups in total. The Kier molecular flexibility index (Phi) is 7.05. The number of morpholine rings is 1. The molecule has 2 aliphatic heterocycles. The molecule has 10 heteroatoms. The predicted molar refractivity (Wildman–Crippen MR) is 113 cm³/mol. The number of amides is 2. The van der Waals surface area contributed by atoms with E-state index in [-0.39, 0.29) is 29.8 Å². The SMILES string of the molecule is CC(CS(=O)(=O)NC1=CCN([C@@H](C)C(=O)N2CCOCC2)C1=O)c1ccc(Cl)cc1. The number of benzene rings is 1. The van der Waals surface area contributed by atoms with Crippen LogP contribution in [0.4, 0.5) is 0 Å². The lowest BCUT2D eigenvalue weighted by Gasteiger charge is -2.32. The Morgan fingerprint density at radius 3 is 2.47 bits per heavy atom. The molecule has 0 radical (unpaired) electrons. The van der Waals surface area contributed by atoms with Crippen LogP contribution in [0, 0.1) is 0 Å². The van der Waals surface area contributed by atoms with E-state index in [0.29, 0.717) is 31.3 Å². The summed E-state index contributed by atoms with van der Waals surface area (Å²) >= 11 is 5.88. The van der Waals surface area contributed by atoms with Gasteiger partial charge in [-0.2, -0.15) is 0 Å². The van der Waals surface area contributed by atoms with Gasteiger partial charge in [-0.15, -0.1) is 0 Å². The van der Waals surface area contributed by atoms with Crippen molar-refractivity contribution in [1.29, 1.82) is 0 Å². The molecule has 2 atom stereocenters. The van der Waals surface area contributed by atoms with Crippen LogP contribution in [0.25, 0.3) is 0 Å². The maximum absolute atomic E-state index is 12.7. The number of rotatable bonds is 7. The van der Waals surface area contributed by atoms with Crippen LogP contribution >= 0.6 is 11.6 Å². The molecule has 0 aliphatic carbocycles. The zero-order valence-electron chi connectivity index (χ0n) is 17.0. The number of nitrogens with one attached hydrogen (secondary N) is 1. The third-order valence-electron chi connectivity index (χ3n) is 5.30. The van der Waals surface area contributed by atoms with Gasteiger partial charge in [0, 0.05) is 24.7 Å². The molecule has 1 unspecified atom stereocenters. The van der Waals surface area contributed by atoms with E-state index in [2.05, 4.69) is 4.72 Å². The molecule has 1 aromatic rings. The third kappa shape index (κ3) is 5.33. The second kappa shape index (κ2) is 9.36. The molecule has 2 amide bonds. The first-order valence-corrected chi connectivity index (χ1v) is 11.8. The van der Waals surface area contributed by atoms with E-state index in [9.17, 15) is 18.0 Å². The monoisotopic (exact) mass is 455 g/mol. The largest absolute Gasteiger partial charge is 0.378 e. The van der Waals surface area contributed by atoms with Crippen molar-refractivity contribution < 1.29 is 22.7 Å². The summed E-state index contributed by atoms with van der Waals surface area (Å²) < 4.78 is 32.8. The van der Waals surface area contributed by atoms with Gasteiger partial charge in [-0.25, -0.2) is 8.42 Å². The zero-order valence-corrected chi connectivity index (χ0v) is 18.6. The molecule has 0 bridgehead atoms. The van der Waals surface area contributed by atoms with Gasteiger partial charge in [-0.05, 0) is 36.6 Å². The Morgan fingerprint density at radius 2 is 1.83 bits per heavy atom. The fourth-order valence-electron chi connectivity index (χ4n) is 3.54.